The Labute approximate surface area is 182 Å². The quantitative estimate of drug-likeness (QED) is 0.487. The molecule has 2 heterocycles. The van der Waals surface area contributed by atoms with Crippen molar-refractivity contribution in [2.24, 2.45) is 0 Å². The van der Waals surface area contributed by atoms with Crippen LogP contribution in [-0.4, -0.2) is 27.3 Å². The van der Waals surface area contributed by atoms with Crippen molar-refractivity contribution < 1.29 is 13.9 Å². The first-order valence-corrected chi connectivity index (χ1v) is 11.0. The molecule has 0 aliphatic heterocycles. The fourth-order valence-electron chi connectivity index (χ4n) is 3.83. The molecule has 0 fully saturated rings. The van der Waals surface area contributed by atoms with E-state index in [1.54, 1.807) is 22.1 Å². The summed E-state index contributed by atoms with van der Waals surface area (Å²) in [4.78, 5) is 17.2. The third-order valence-electron chi connectivity index (χ3n) is 5.30. The van der Waals surface area contributed by atoms with Gasteiger partial charge in [-0.3, -0.25) is 4.79 Å². The first-order valence-electron chi connectivity index (χ1n) is 10.2. The summed E-state index contributed by atoms with van der Waals surface area (Å²) < 4.78 is 21.2. The molecule has 0 spiro atoms. The van der Waals surface area contributed by atoms with Crippen molar-refractivity contribution in [1.82, 2.24) is 14.8 Å². The number of hydrogen-bond donors (Lipinski definition) is 1. The van der Waals surface area contributed by atoms with Crippen LogP contribution in [-0.2, 0) is 17.6 Å². The molecule has 158 valence electrons. The lowest BCUT2D eigenvalue weighted by Gasteiger charge is -2.14. The van der Waals surface area contributed by atoms with Crippen LogP contribution in [0.5, 0.6) is 5.75 Å². The van der Waals surface area contributed by atoms with Crippen LogP contribution < -0.4 is 10.1 Å². The maximum absolute atomic E-state index is 13.0. The molecule has 31 heavy (non-hydrogen) atoms. The Kier molecular flexibility index (Phi) is 5.15. The second-order valence-corrected chi connectivity index (χ2v) is 8.67. The summed E-state index contributed by atoms with van der Waals surface area (Å²) in [5, 5.41) is 8.07. The molecule has 8 heteroatoms. The fourth-order valence-corrected chi connectivity index (χ4v) is 4.80. The number of ether oxygens (including phenoxy) is 1. The van der Waals surface area contributed by atoms with Gasteiger partial charge in [0.2, 0.25) is 5.13 Å². The molecule has 0 radical (unpaired) electrons. The molecule has 5 rings (SSSR count). The second-order valence-electron chi connectivity index (χ2n) is 7.67. The molecule has 1 aliphatic carbocycles. The molecule has 2 aromatic carbocycles. The first-order chi connectivity index (χ1) is 15.0. The van der Waals surface area contributed by atoms with E-state index < -0.39 is 0 Å². The van der Waals surface area contributed by atoms with E-state index >= 15 is 0 Å². The van der Waals surface area contributed by atoms with Crippen LogP contribution in [0.1, 0.15) is 29.7 Å². The molecule has 1 N–H and O–H groups in total. The van der Waals surface area contributed by atoms with E-state index in [1.807, 2.05) is 6.92 Å². The van der Waals surface area contributed by atoms with Crippen molar-refractivity contribution in [2.45, 2.75) is 32.6 Å². The highest BCUT2D eigenvalue weighted by Gasteiger charge is 2.17. The first kappa shape index (κ1) is 19.7. The average molecular weight is 437 g/mol. The monoisotopic (exact) mass is 436 g/mol. The van der Waals surface area contributed by atoms with Crippen LogP contribution in [0, 0.1) is 12.7 Å². The Morgan fingerprint density at radius 3 is 2.68 bits per heavy atom. The van der Waals surface area contributed by atoms with Crippen molar-refractivity contribution >= 4 is 33.3 Å². The highest BCUT2D eigenvalue weighted by molar-refractivity contribution is 7.20. The maximum Gasteiger partial charge on any atom is 0.263 e. The molecule has 1 aliphatic rings. The van der Waals surface area contributed by atoms with E-state index in [9.17, 15) is 9.18 Å². The van der Waals surface area contributed by atoms with Crippen LogP contribution in [0.25, 0.3) is 15.3 Å². The van der Waals surface area contributed by atoms with Crippen LogP contribution in [0.15, 0.2) is 42.5 Å². The third kappa shape index (κ3) is 4.16. The number of amides is 1. The van der Waals surface area contributed by atoms with Gasteiger partial charge in [-0.2, -0.15) is 9.78 Å². The smallest absolute Gasteiger partial charge is 0.263 e. The van der Waals surface area contributed by atoms with E-state index in [-0.39, 0.29) is 18.3 Å². The number of nitrogens with zero attached hydrogens (tertiary/aromatic N) is 3. The van der Waals surface area contributed by atoms with Gasteiger partial charge in [0.05, 0.1) is 15.9 Å². The molecule has 4 aromatic rings. The van der Waals surface area contributed by atoms with Crippen LogP contribution in [0.3, 0.4) is 0 Å². The lowest BCUT2D eigenvalue weighted by molar-refractivity contribution is -0.118. The van der Waals surface area contributed by atoms with Crippen molar-refractivity contribution in [2.75, 3.05) is 11.9 Å². The normalized spacial score (nSPS) is 13.2. The van der Waals surface area contributed by atoms with Gasteiger partial charge in [-0.05, 0) is 80.1 Å². The van der Waals surface area contributed by atoms with Crippen LogP contribution >= 0.6 is 11.3 Å². The SMILES string of the molecule is Cc1cc(NC(=O)COc2ccc(F)cc2)n(-c2nc3cc4c(cc3s2)CCCC4)n1. The number of carbonyl (C=O) groups excluding carboxylic acids is 1. The Morgan fingerprint density at radius 1 is 1.16 bits per heavy atom. The van der Waals surface area contributed by atoms with Crippen molar-refractivity contribution in [3.05, 3.63) is 65.1 Å². The van der Waals surface area contributed by atoms with E-state index in [0.717, 1.165) is 28.8 Å². The minimum atomic E-state index is -0.354. The lowest BCUT2D eigenvalue weighted by atomic mass is 9.92. The number of aromatic nitrogens is 3. The molecule has 0 bridgehead atoms. The molecule has 0 atom stereocenters. The highest BCUT2D eigenvalue weighted by Crippen LogP contribution is 2.32. The van der Waals surface area contributed by atoms with E-state index in [4.69, 9.17) is 9.72 Å². The largest absolute Gasteiger partial charge is 0.484 e. The molecule has 6 nitrogen and oxygen atoms in total. The summed E-state index contributed by atoms with van der Waals surface area (Å²) in [5.41, 5.74) is 4.54. The fraction of sp³-hybridized carbons (Fsp3) is 0.261. The second kappa shape index (κ2) is 8.11. The zero-order valence-corrected chi connectivity index (χ0v) is 17.8. The number of thiazole rings is 1. The summed E-state index contributed by atoms with van der Waals surface area (Å²) in [6, 6.07) is 11.8. The summed E-state index contributed by atoms with van der Waals surface area (Å²) in [6.45, 7) is 1.68. The topological polar surface area (TPSA) is 69.0 Å². The molecular weight excluding hydrogens is 415 g/mol. The van der Waals surface area contributed by atoms with Gasteiger partial charge in [-0.25, -0.2) is 9.37 Å². The van der Waals surface area contributed by atoms with Crippen LogP contribution in [0.2, 0.25) is 0 Å². The molecule has 2 aromatic heterocycles. The minimum Gasteiger partial charge on any atom is -0.484 e. The standard InChI is InChI=1S/C23H21FN4O2S/c1-14-10-21(26-22(29)13-30-18-8-6-17(24)7-9-18)28(27-14)23-25-19-11-15-4-2-3-5-16(15)12-20(19)31-23/h6-12H,2-5,13H2,1H3,(H,26,29). The summed E-state index contributed by atoms with van der Waals surface area (Å²) in [7, 11) is 0. The van der Waals surface area contributed by atoms with E-state index in [2.05, 4.69) is 22.5 Å². The zero-order valence-electron chi connectivity index (χ0n) is 17.0. The summed E-state index contributed by atoms with van der Waals surface area (Å²) in [5.74, 6) is 0.278. The molecule has 0 saturated heterocycles. The van der Waals surface area contributed by atoms with Crippen LogP contribution in [0.4, 0.5) is 10.2 Å². The number of rotatable bonds is 5. The van der Waals surface area contributed by atoms with Gasteiger partial charge in [0.1, 0.15) is 17.4 Å². The Balaban J connectivity index is 1.36. The summed E-state index contributed by atoms with van der Waals surface area (Å²) in [6.07, 6.45) is 4.69. The number of fused-ring (bicyclic) bond motifs is 2. The number of halogens is 1. The predicted molar refractivity (Wildman–Crippen MR) is 119 cm³/mol. The number of benzene rings is 2. The number of nitrogens with one attached hydrogen (secondary N) is 1. The molecular formula is C23H21FN4O2S. The molecule has 0 saturated carbocycles. The predicted octanol–water partition coefficient (Wildman–Crippen LogP) is 4.83. The van der Waals surface area contributed by atoms with Crippen molar-refractivity contribution in [3.8, 4) is 10.9 Å². The lowest BCUT2D eigenvalue weighted by Crippen LogP contribution is -2.21. The van der Waals surface area contributed by atoms with E-state index in [1.165, 1.54) is 48.2 Å². The van der Waals surface area contributed by atoms with Gasteiger partial charge < -0.3 is 10.1 Å². The Bertz CT molecular complexity index is 1220. The average Bonchev–Trinajstić information content (AvgIpc) is 3.33. The number of aryl methyl sites for hydroxylation is 3. The third-order valence-corrected chi connectivity index (χ3v) is 6.30. The highest BCUT2D eigenvalue weighted by atomic mass is 32.1. The number of hydrogen-bond acceptors (Lipinski definition) is 5. The Hall–Kier alpha value is -3.26. The minimum absolute atomic E-state index is 0.192. The van der Waals surface area contributed by atoms with Gasteiger partial charge in [0.15, 0.2) is 6.61 Å². The van der Waals surface area contributed by atoms with Crippen molar-refractivity contribution in [1.29, 1.82) is 0 Å². The number of carbonyl (C=O) groups is 1. The van der Waals surface area contributed by atoms with Gasteiger partial charge in [-0.15, -0.1) is 0 Å². The zero-order chi connectivity index (χ0) is 21.4. The summed E-state index contributed by atoms with van der Waals surface area (Å²) >= 11 is 1.56. The van der Waals surface area contributed by atoms with Gasteiger partial charge in [-0.1, -0.05) is 11.3 Å². The molecule has 1 amide bonds. The van der Waals surface area contributed by atoms with Gasteiger partial charge >= 0.3 is 0 Å². The molecule has 0 unspecified atom stereocenters. The van der Waals surface area contributed by atoms with Crippen molar-refractivity contribution in [3.63, 3.8) is 0 Å². The van der Waals surface area contributed by atoms with E-state index in [0.29, 0.717) is 16.7 Å². The van der Waals surface area contributed by atoms with Gasteiger partial charge in [0, 0.05) is 6.07 Å². The maximum atomic E-state index is 13.0. The van der Waals surface area contributed by atoms with Gasteiger partial charge in [0.25, 0.3) is 5.91 Å². The Morgan fingerprint density at radius 2 is 1.90 bits per heavy atom. The number of anilines is 1.